The van der Waals surface area contributed by atoms with Gasteiger partial charge >= 0.3 is 0 Å². The van der Waals surface area contributed by atoms with Crippen LogP contribution in [0.5, 0.6) is 0 Å². The first kappa shape index (κ1) is 12.2. The number of likely N-dealkylation sites (tertiary alicyclic amines) is 1. The molecule has 0 N–H and O–H groups in total. The van der Waals surface area contributed by atoms with E-state index in [1.807, 2.05) is 6.92 Å². The van der Waals surface area contributed by atoms with Crippen molar-refractivity contribution < 1.29 is 4.79 Å². The molecular weight excluding hydrogens is 222 g/mol. The lowest BCUT2D eigenvalue weighted by molar-refractivity contribution is -0.130. The van der Waals surface area contributed by atoms with E-state index < -0.39 is 0 Å². The second kappa shape index (κ2) is 4.65. The number of Topliss-reactive ketones (excluding diaryl/α,β-unsaturated/α-hetero) is 1. The maximum atomic E-state index is 12.7. The Balaban J connectivity index is 1.95. The smallest absolute Gasteiger partial charge is 0.166 e. The van der Waals surface area contributed by atoms with E-state index in [9.17, 15) is 4.79 Å². The fraction of sp³-hybridized carbons (Fsp3) is 0.688. The van der Waals surface area contributed by atoms with Crippen molar-refractivity contribution in [2.75, 3.05) is 13.1 Å². The highest BCUT2D eigenvalue weighted by Crippen LogP contribution is 2.46. The Hall–Kier alpha value is -0.890. The van der Waals surface area contributed by atoms with E-state index in [4.69, 9.17) is 0 Å². The molecule has 1 fully saturated rings. The number of allylic oxidation sites excluding steroid dienone is 3. The number of nitrogens with zero attached hydrogens (tertiary/aromatic N) is 1. The van der Waals surface area contributed by atoms with E-state index in [1.165, 1.54) is 25.9 Å². The summed E-state index contributed by atoms with van der Waals surface area (Å²) in [5, 5.41) is 0. The predicted octanol–water partition coefficient (Wildman–Crippen LogP) is 3.10. The van der Waals surface area contributed by atoms with Crippen molar-refractivity contribution in [2.45, 2.75) is 51.5 Å². The number of hydrogen-bond donors (Lipinski definition) is 0. The molecule has 2 atom stereocenters. The molecule has 0 saturated carbocycles. The highest BCUT2D eigenvalue weighted by atomic mass is 16.1. The van der Waals surface area contributed by atoms with Gasteiger partial charge in [-0.05, 0) is 64.1 Å². The molecule has 0 aromatic rings. The van der Waals surface area contributed by atoms with E-state index in [-0.39, 0.29) is 5.41 Å². The van der Waals surface area contributed by atoms with Crippen LogP contribution in [0.15, 0.2) is 23.8 Å². The molecule has 1 aliphatic heterocycles. The molecule has 0 aromatic heterocycles. The van der Waals surface area contributed by atoms with Crippen LogP contribution in [-0.4, -0.2) is 29.8 Å². The molecule has 1 spiro atoms. The third-order valence-electron chi connectivity index (χ3n) is 5.08. The molecule has 2 aliphatic carbocycles. The van der Waals surface area contributed by atoms with Crippen LogP contribution in [0.4, 0.5) is 0 Å². The molecule has 0 bridgehead atoms. The Morgan fingerprint density at radius 1 is 1.28 bits per heavy atom. The van der Waals surface area contributed by atoms with Gasteiger partial charge in [0.2, 0.25) is 0 Å². The van der Waals surface area contributed by atoms with Crippen LogP contribution in [-0.2, 0) is 4.79 Å². The van der Waals surface area contributed by atoms with Gasteiger partial charge < -0.3 is 0 Å². The van der Waals surface area contributed by atoms with Gasteiger partial charge in [0.25, 0.3) is 0 Å². The molecule has 1 saturated heterocycles. The van der Waals surface area contributed by atoms with Crippen molar-refractivity contribution in [2.24, 2.45) is 5.41 Å². The number of carbonyl (C=O) groups is 1. The monoisotopic (exact) mass is 245 g/mol. The second-order valence-electron chi connectivity index (χ2n) is 6.08. The average molecular weight is 245 g/mol. The van der Waals surface area contributed by atoms with Gasteiger partial charge in [0.05, 0.1) is 5.41 Å². The summed E-state index contributed by atoms with van der Waals surface area (Å²) in [5.74, 6) is 0.426. The molecule has 0 aromatic carbocycles. The minimum atomic E-state index is -0.0993. The highest BCUT2D eigenvalue weighted by molar-refractivity contribution is 6.01. The Morgan fingerprint density at radius 3 is 2.72 bits per heavy atom. The van der Waals surface area contributed by atoms with Gasteiger partial charge in [-0.25, -0.2) is 0 Å². The number of hydrogen-bond acceptors (Lipinski definition) is 2. The maximum Gasteiger partial charge on any atom is 0.166 e. The number of carbonyl (C=O) groups excluding carboxylic acids is 1. The van der Waals surface area contributed by atoms with Crippen LogP contribution in [0.25, 0.3) is 0 Å². The van der Waals surface area contributed by atoms with Crippen molar-refractivity contribution in [3.63, 3.8) is 0 Å². The molecule has 18 heavy (non-hydrogen) atoms. The Morgan fingerprint density at radius 2 is 2.06 bits per heavy atom. The Kier molecular flexibility index (Phi) is 3.14. The van der Waals surface area contributed by atoms with Gasteiger partial charge in [-0.1, -0.05) is 18.2 Å². The van der Waals surface area contributed by atoms with Gasteiger partial charge in [-0.3, -0.25) is 9.69 Å². The second-order valence-corrected chi connectivity index (χ2v) is 6.08. The fourth-order valence-corrected chi connectivity index (χ4v) is 4.07. The minimum Gasteiger partial charge on any atom is -0.299 e. The summed E-state index contributed by atoms with van der Waals surface area (Å²) in [6.07, 6.45) is 13.4. The van der Waals surface area contributed by atoms with Gasteiger partial charge in [-0.2, -0.15) is 0 Å². The zero-order valence-corrected chi connectivity index (χ0v) is 11.3. The molecule has 3 aliphatic rings. The first-order valence-electron chi connectivity index (χ1n) is 7.35. The number of ketones is 1. The lowest BCUT2D eigenvalue weighted by atomic mass is 9.63. The van der Waals surface area contributed by atoms with Crippen LogP contribution in [0, 0.1) is 5.41 Å². The summed E-state index contributed by atoms with van der Waals surface area (Å²) >= 11 is 0. The molecule has 2 nitrogen and oxygen atoms in total. The van der Waals surface area contributed by atoms with Crippen LogP contribution in [0.2, 0.25) is 0 Å². The maximum absolute atomic E-state index is 12.7. The van der Waals surface area contributed by atoms with E-state index in [0.29, 0.717) is 11.8 Å². The van der Waals surface area contributed by atoms with E-state index in [0.717, 1.165) is 31.3 Å². The molecule has 0 amide bonds. The minimum absolute atomic E-state index is 0.0993. The lowest BCUT2D eigenvalue weighted by Crippen LogP contribution is -2.53. The van der Waals surface area contributed by atoms with Crippen molar-refractivity contribution in [3.05, 3.63) is 23.8 Å². The first-order chi connectivity index (χ1) is 8.74. The summed E-state index contributed by atoms with van der Waals surface area (Å²) in [6, 6.07) is 0.459. The van der Waals surface area contributed by atoms with Crippen molar-refractivity contribution in [3.8, 4) is 0 Å². The van der Waals surface area contributed by atoms with E-state index >= 15 is 0 Å². The van der Waals surface area contributed by atoms with E-state index in [2.05, 4.69) is 23.1 Å². The Bertz CT molecular complexity index is 403. The van der Waals surface area contributed by atoms with Crippen molar-refractivity contribution in [1.29, 1.82) is 0 Å². The molecule has 0 radical (unpaired) electrons. The highest BCUT2D eigenvalue weighted by Gasteiger charge is 2.49. The van der Waals surface area contributed by atoms with Gasteiger partial charge in [0.1, 0.15) is 0 Å². The van der Waals surface area contributed by atoms with Gasteiger partial charge in [0, 0.05) is 6.04 Å². The third-order valence-corrected chi connectivity index (χ3v) is 5.08. The topological polar surface area (TPSA) is 20.3 Å². The summed E-state index contributed by atoms with van der Waals surface area (Å²) in [7, 11) is 0. The normalized spacial score (nSPS) is 37.3. The van der Waals surface area contributed by atoms with Crippen LogP contribution < -0.4 is 0 Å². The molecule has 3 rings (SSSR count). The standard InChI is InChI=1S/C16H23NO/c1-13-7-8-14(17-11-5-6-12-17)16(15(13)18)9-3-2-4-10-16/h2-3,7,14H,4-6,8-12H2,1H3. The lowest BCUT2D eigenvalue weighted by Gasteiger charge is -2.47. The molecule has 1 heterocycles. The zero-order chi connectivity index (χ0) is 12.6. The van der Waals surface area contributed by atoms with Crippen LogP contribution >= 0.6 is 0 Å². The van der Waals surface area contributed by atoms with Crippen molar-refractivity contribution in [1.82, 2.24) is 4.90 Å². The van der Waals surface area contributed by atoms with E-state index in [1.54, 1.807) is 0 Å². The molecule has 2 unspecified atom stereocenters. The summed E-state index contributed by atoms with van der Waals surface area (Å²) in [5.41, 5.74) is 0.901. The molecule has 2 heteroatoms. The van der Waals surface area contributed by atoms with Crippen molar-refractivity contribution >= 4 is 5.78 Å². The quantitative estimate of drug-likeness (QED) is 0.662. The van der Waals surface area contributed by atoms with Gasteiger partial charge in [-0.15, -0.1) is 0 Å². The average Bonchev–Trinajstić information content (AvgIpc) is 2.91. The number of rotatable bonds is 1. The van der Waals surface area contributed by atoms with Crippen LogP contribution in [0.1, 0.15) is 45.4 Å². The van der Waals surface area contributed by atoms with Gasteiger partial charge in [0.15, 0.2) is 5.78 Å². The fourth-order valence-electron chi connectivity index (χ4n) is 4.07. The largest absolute Gasteiger partial charge is 0.299 e. The zero-order valence-electron chi connectivity index (χ0n) is 11.3. The SMILES string of the molecule is CC1=CCC(N2CCCC2)C2(CC=CCC2)C1=O. The first-order valence-corrected chi connectivity index (χ1v) is 7.35. The predicted molar refractivity (Wildman–Crippen MR) is 73.4 cm³/mol. The Labute approximate surface area is 110 Å². The summed E-state index contributed by atoms with van der Waals surface area (Å²) in [4.78, 5) is 15.3. The summed E-state index contributed by atoms with van der Waals surface area (Å²) in [6.45, 7) is 4.38. The molecule has 98 valence electrons. The molecular formula is C16H23NO. The third kappa shape index (κ3) is 1.78. The van der Waals surface area contributed by atoms with Crippen LogP contribution in [0.3, 0.4) is 0 Å². The summed E-state index contributed by atoms with van der Waals surface area (Å²) < 4.78 is 0.